The number of benzene rings is 1. The van der Waals surface area contributed by atoms with Gasteiger partial charge in [0.15, 0.2) is 11.0 Å². The molecule has 0 unspecified atom stereocenters. The zero-order valence-corrected chi connectivity index (χ0v) is 17.5. The molecule has 148 valence electrons. The van der Waals surface area contributed by atoms with Crippen LogP contribution < -0.4 is 0 Å². The zero-order chi connectivity index (χ0) is 19.0. The van der Waals surface area contributed by atoms with Crippen molar-refractivity contribution in [2.75, 3.05) is 25.4 Å². The van der Waals surface area contributed by atoms with Crippen LogP contribution in [0.15, 0.2) is 35.5 Å². The number of hydrogen-bond donors (Lipinski definition) is 0. The number of hydrogen-bond acceptors (Lipinski definition) is 4. The number of nitrogens with zero attached hydrogens (tertiary/aromatic N) is 4. The second kappa shape index (κ2) is 10.1. The Labute approximate surface area is 173 Å². The SMILES string of the molecule is C(#CCN1CCCCC1)CSc1nnc(-c2ccccc2)n1C1CCCCC1. The third-order valence-electron chi connectivity index (χ3n) is 5.79. The van der Waals surface area contributed by atoms with Gasteiger partial charge in [0, 0.05) is 11.6 Å². The van der Waals surface area contributed by atoms with Gasteiger partial charge in [0.05, 0.1) is 12.3 Å². The third kappa shape index (κ3) is 4.98. The fourth-order valence-electron chi connectivity index (χ4n) is 4.26. The van der Waals surface area contributed by atoms with Crippen molar-refractivity contribution in [2.24, 2.45) is 0 Å². The molecule has 5 heteroatoms. The first kappa shape index (κ1) is 19.5. The lowest BCUT2D eigenvalue weighted by Crippen LogP contribution is -2.29. The highest BCUT2D eigenvalue weighted by molar-refractivity contribution is 7.99. The average molecular weight is 395 g/mol. The molecule has 2 aliphatic rings. The van der Waals surface area contributed by atoms with Crippen LogP contribution in [0.1, 0.15) is 57.4 Å². The molecular formula is C23H30N4S. The lowest BCUT2D eigenvalue weighted by molar-refractivity contribution is 0.255. The first-order chi connectivity index (χ1) is 13.9. The van der Waals surface area contributed by atoms with Crippen molar-refractivity contribution in [1.82, 2.24) is 19.7 Å². The fourth-order valence-corrected chi connectivity index (χ4v) is 5.04. The molecule has 1 aliphatic heterocycles. The zero-order valence-electron chi connectivity index (χ0n) is 16.6. The molecule has 28 heavy (non-hydrogen) atoms. The molecule has 1 saturated carbocycles. The van der Waals surface area contributed by atoms with E-state index in [1.165, 1.54) is 64.5 Å². The van der Waals surface area contributed by atoms with Gasteiger partial charge < -0.3 is 0 Å². The maximum atomic E-state index is 4.57. The van der Waals surface area contributed by atoms with Crippen LogP contribution in [-0.4, -0.2) is 45.1 Å². The molecule has 0 atom stereocenters. The van der Waals surface area contributed by atoms with E-state index in [0.717, 1.165) is 28.8 Å². The van der Waals surface area contributed by atoms with Gasteiger partial charge in [0.25, 0.3) is 0 Å². The largest absolute Gasteiger partial charge is 0.299 e. The molecule has 2 aromatic rings. The Morgan fingerprint density at radius 3 is 2.43 bits per heavy atom. The van der Waals surface area contributed by atoms with Gasteiger partial charge in [-0.1, -0.05) is 79.6 Å². The van der Waals surface area contributed by atoms with Crippen LogP contribution >= 0.6 is 11.8 Å². The second-order valence-corrected chi connectivity index (χ2v) is 8.76. The van der Waals surface area contributed by atoms with E-state index in [0.29, 0.717) is 6.04 Å². The van der Waals surface area contributed by atoms with Gasteiger partial charge in [0.2, 0.25) is 0 Å². The maximum absolute atomic E-state index is 4.57. The minimum atomic E-state index is 0.516. The molecule has 1 aromatic carbocycles. The smallest absolute Gasteiger partial charge is 0.192 e. The van der Waals surface area contributed by atoms with Crippen LogP contribution in [0.4, 0.5) is 0 Å². The molecule has 1 aromatic heterocycles. The van der Waals surface area contributed by atoms with Crippen LogP contribution in [-0.2, 0) is 0 Å². The van der Waals surface area contributed by atoms with Crippen LogP contribution in [0, 0.1) is 11.8 Å². The van der Waals surface area contributed by atoms with E-state index < -0.39 is 0 Å². The molecule has 4 nitrogen and oxygen atoms in total. The highest BCUT2D eigenvalue weighted by Crippen LogP contribution is 2.35. The van der Waals surface area contributed by atoms with E-state index in [2.05, 4.69) is 61.8 Å². The van der Waals surface area contributed by atoms with E-state index in [1.807, 2.05) is 0 Å². The summed E-state index contributed by atoms with van der Waals surface area (Å²) in [6.07, 6.45) is 10.4. The van der Waals surface area contributed by atoms with Crippen LogP contribution in [0.5, 0.6) is 0 Å². The molecule has 0 bridgehead atoms. The van der Waals surface area contributed by atoms with Crippen molar-refractivity contribution in [3.63, 3.8) is 0 Å². The number of aromatic nitrogens is 3. The molecule has 0 N–H and O–H groups in total. The normalized spacial score (nSPS) is 18.6. The molecule has 2 fully saturated rings. The standard InChI is InChI=1S/C23H30N4S/c1-4-12-20(13-5-1)22-24-25-23(27(22)21-14-6-2-7-15-21)28-19-11-10-18-26-16-8-3-9-17-26/h1,4-5,12-13,21H,2-3,6-9,14-19H2. The molecule has 0 amide bonds. The van der Waals surface area contributed by atoms with Gasteiger partial charge in [-0.3, -0.25) is 9.47 Å². The van der Waals surface area contributed by atoms with E-state index in [-0.39, 0.29) is 0 Å². The lowest BCUT2D eigenvalue weighted by atomic mass is 9.95. The van der Waals surface area contributed by atoms with Gasteiger partial charge in [0.1, 0.15) is 0 Å². The van der Waals surface area contributed by atoms with E-state index in [4.69, 9.17) is 0 Å². The van der Waals surface area contributed by atoms with Crippen molar-refractivity contribution < 1.29 is 0 Å². The predicted molar refractivity (Wildman–Crippen MR) is 116 cm³/mol. The van der Waals surface area contributed by atoms with Crippen molar-refractivity contribution in [3.8, 4) is 23.2 Å². The second-order valence-electron chi connectivity index (χ2n) is 7.81. The summed E-state index contributed by atoms with van der Waals surface area (Å²) in [5, 5.41) is 10.1. The Kier molecular flexibility index (Phi) is 7.07. The molecular weight excluding hydrogens is 364 g/mol. The molecule has 2 heterocycles. The number of piperidine rings is 1. The molecule has 0 radical (unpaired) electrons. The molecule has 4 rings (SSSR count). The van der Waals surface area contributed by atoms with Gasteiger partial charge in [-0.25, -0.2) is 0 Å². The summed E-state index contributed by atoms with van der Waals surface area (Å²) in [6.45, 7) is 3.32. The Morgan fingerprint density at radius 1 is 0.893 bits per heavy atom. The quantitative estimate of drug-likeness (QED) is 0.526. The first-order valence-electron chi connectivity index (χ1n) is 10.7. The summed E-state index contributed by atoms with van der Waals surface area (Å²) in [5.41, 5.74) is 1.16. The Balaban J connectivity index is 1.45. The number of thioether (sulfide) groups is 1. The van der Waals surface area contributed by atoms with Crippen molar-refractivity contribution >= 4 is 11.8 Å². The van der Waals surface area contributed by atoms with Crippen LogP contribution in [0.3, 0.4) is 0 Å². The maximum Gasteiger partial charge on any atom is 0.192 e. The van der Waals surface area contributed by atoms with Crippen molar-refractivity contribution in [1.29, 1.82) is 0 Å². The summed E-state index contributed by atoms with van der Waals surface area (Å²) >= 11 is 1.74. The third-order valence-corrected chi connectivity index (χ3v) is 6.61. The highest BCUT2D eigenvalue weighted by atomic mass is 32.2. The van der Waals surface area contributed by atoms with Crippen molar-refractivity contribution in [3.05, 3.63) is 30.3 Å². The topological polar surface area (TPSA) is 34.0 Å². The summed E-state index contributed by atoms with van der Waals surface area (Å²) in [4.78, 5) is 2.47. The summed E-state index contributed by atoms with van der Waals surface area (Å²) < 4.78 is 2.39. The van der Waals surface area contributed by atoms with Crippen LogP contribution in [0.2, 0.25) is 0 Å². The van der Waals surface area contributed by atoms with E-state index in [9.17, 15) is 0 Å². The van der Waals surface area contributed by atoms with Gasteiger partial charge in [-0.2, -0.15) is 0 Å². The Hall–Kier alpha value is -1.77. The first-order valence-corrected chi connectivity index (χ1v) is 11.7. The van der Waals surface area contributed by atoms with Crippen LogP contribution in [0.25, 0.3) is 11.4 Å². The minimum Gasteiger partial charge on any atom is -0.299 e. The molecule has 1 aliphatic carbocycles. The summed E-state index contributed by atoms with van der Waals surface area (Å²) in [6, 6.07) is 11.0. The molecule has 1 saturated heterocycles. The van der Waals surface area contributed by atoms with Crippen molar-refractivity contribution in [2.45, 2.75) is 62.6 Å². The average Bonchev–Trinajstić information content (AvgIpc) is 3.19. The monoisotopic (exact) mass is 394 g/mol. The van der Waals surface area contributed by atoms with Gasteiger partial charge >= 0.3 is 0 Å². The van der Waals surface area contributed by atoms with E-state index in [1.54, 1.807) is 11.8 Å². The number of likely N-dealkylation sites (tertiary alicyclic amines) is 1. The predicted octanol–water partition coefficient (Wildman–Crippen LogP) is 5.03. The Bertz CT molecular complexity index is 793. The summed E-state index contributed by atoms with van der Waals surface area (Å²) in [5.74, 6) is 8.51. The lowest BCUT2D eigenvalue weighted by Gasteiger charge is -2.25. The number of rotatable bonds is 5. The van der Waals surface area contributed by atoms with E-state index >= 15 is 0 Å². The molecule has 0 spiro atoms. The minimum absolute atomic E-state index is 0.516. The van der Waals surface area contributed by atoms with Gasteiger partial charge in [-0.05, 0) is 38.8 Å². The Morgan fingerprint density at radius 2 is 1.64 bits per heavy atom. The fraction of sp³-hybridized carbons (Fsp3) is 0.565. The highest BCUT2D eigenvalue weighted by Gasteiger charge is 2.23. The summed E-state index contributed by atoms with van der Waals surface area (Å²) in [7, 11) is 0. The van der Waals surface area contributed by atoms with Gasteiger partial charge in [-0.15, -0.1) is 10.2 Å².